The Labute approximate surface area is 145 Å². The van der Waals surface area contributed by atoms with Gasteiger partial charge in [-0.2, -0.15) is 0 Å². The number of rotatable bonds is 10. The molecule has 0 spiro atoms. The number of nitrogens with zero attached hydrogens (tertiary/aromatic N) is 2. The van der Waals surface area contributed by atoms with Gasteiger partial charge < -0.3 is 20.2 Å². The molecule has 1 aromatic heterocycles. The van der Waals surface area contributed by atoms with Crippen molar-refractivity contribution in [1.29, 1.82) is 5.41 Å². The van der Waals surface area contributed by atoms with Crippen LogP contribution in [-0.2, 0) is 23.9 Å². The minimum atomic E-state index is -1.03. The Morgan fingerprint density at radius 2 is 2.08 bits per heavy atom. The third-order valence-electron chi connectivity index (χ3n) is 3.14. The summed E-state index contributed by atoms with van der Waals surface area (Å²) < 4.78 is 10.3. The number of carbonyl (C=O) groups excluding carboxylic acids is 3. The van der Waals surface area contributed by atoms with Gasteiger partial charge >= 0.3 is 5.97 Å². The van der Waals surface area contributed by atoms with Crippen molar-refractivity contribution in [3.05, 3.63) is 24.3 Å². The van der Waals surface area contributed by atoms with Gasteiger partial charge in [-0.25, -0.2) is 14.8 Å². The lowest BCUT2D eigenvalue weighted by atomic mass is 10.1. The fourth-order valence-electron chi connectivity index (χ4n) is 1.99. The molecule has 1 amide bonds. The average molecular weight is 350 g/mol. The zero-order chi connectivity index (χ0) is 18.8. The molecule has 136 valence electrons. The zero-order valence-corrected chi connectivity index (χ0v) is 14.4. The fraction of sp³-hybridized carbons (Fsp3) is 0.500. The van der Waals surface area contributed by atoms with Crippen molar-refractivity contribution < 1.29 is 23.9 Å². The molecule has 0 aromatic carbocycles. The van der Waals surface area contributed by atoms with E-state index in [1.165, 1.54) is 25.7 Å². The first-order chi connectivity index (χ1) is 11.9. The highest BCUT2D eigenvalue weighted by Gasteiger charge is 2.29. The second-order valence-electron chi connectivity index (χ2n) is 5.45. The SMILES string of the molecule is CO[C@H](C(=O)N[C@@H](CCC(=O)C=N)C(=O)OC(C)C)c1ccncn1. The average Bonchev–Trinajstić information content (AvgIpc) is 2.59. The molecule has 9 nitrogen and oxygen atoms in total. The molecule has 2 atom stereocenters. The molecule has 0 saturated carbocycles. The smallest absolute Gasteiger partial charge is 0.328 e. The van der Waals surface area contributed by atoms with Crippen LogP contribution in [0.2, 0.25) is 0 Å². The minimum Gasteiger partial charge on any atom is -0.461 e. The van der Waals surface area contributed by atoms with E-state index in [9.17, 15) is 14.4 Å². The number of hydrogen-bond donors (Lipinski definition) is 2. The van der Waals surface area contributed by atoms with Gasteiger partial charge in [-0.05, 0) is 26.3 Å². The molecular formula is C16H22N4O5. The number of hydrogen-bond acceptors (Lipinski definition) is 8. The number of methoxy groups -OCH3 is 1. The summed E-state index contributed by atoms with van der Waals surface area (Å²) in [4.78, 5) is 43.7. The molecule has 1 heterocycles. The highest BCUT2D eigenvalue weighted by atomic mass is 16.5. The van der Waals surface area contributed by atoms with E-state index in [-0.39, 0.29) is 18.9 Å². The molecule has 25 heavy (non-hydrogen) atoms. The van der Waals surface area contributed by atoms with Crippen LogP contribution >= 0.6 is 0 Å². The molecular weight excluding hydrogens is 328 g/mol. The summed E-state index contributed by atoms with van der Waals surface area (Å²) in [5.41, 5.74) is 0.335. The Hall–Kier alpha value is -2.68. The third-order valence-corrected chi connectivity index (χ3v) is 3.14. The normalized spacial score (nSPS) is 13.0. The van der Waals surface area contributed by atoms with Crippen LogP contribution in [0.3, 0.4) is 0 Å². The van der Waals surface area contributed by atoms with E-state index in [1.54, 1.807) is 13.8 Å². The monoisotopic (exact) mass is 350 g/mol. The predicted octanol–water partition coefficient (Wildman–Crippen LogP) is 0.599. The lowest BCUT2D eigenvalue weighted by Crippen LogP contribution is -2.45. The summed E-state index contributed by atoms with van der Waals surface area (Å²) in [6, 6.07) is 0.492. The summed E-state index contributed by atoms with van der Waals surface area (Å²) in [5.74, 6) is -1.69. The van der Waals surface area contributed by atoms with Gasteiger partial charge in [0, 0.05) is 19.7 Å². The number of Topliss-reactive ketones (excluding diaryl/α,β-unsaturated/α-hetero) is 1. The lowest BCUT2D eigenvalue weighted by Gasteiger charge is -2.21. The Balaban J connectivity index is 2.86. The van der Waals surface area contributed by atoms with Gasteiger partial charge in [-0.15, -0.1) is 0 Å². The lowest BCUT2D eigenvalue weighted by molar-refractivity contribution is -0.152. The molecule has 0 fully saturated rings. The highest BCUT2D eigenvalue weighted by Crippen LogP contribution is 2.14. The molecule has 9 heteroatoms. The van der Waals surface area contributed by atoms with E-state index in [0.29, 0.717) is 11.9 Å². The summed E-state index contributed by atoms with van der Waals surface area (Å²) in [6.07, 6.45) is 1.97. The zero-order valence-electron chi connectivity index (χ0n) is 14.4. The highest BCUT2D eigenvalue weighted by molar-refractivity contribution is 6.26. The van der Waals surface area contributed by atoms with Gasteiger partial charge in [-0.3, -0.25) is 9.59 Å². The maximum Gasteiger partial charge on any atom is 0.328 e. The van der Waals surface area contributed by atoms with E-state index in [0.717, 1.165) is 0 Å². The molecule has 1 aromatic rings. The second kappa shape index (κ2) is 10.2. The quantitative estimate of drug-likeness (QED) is 0.466. The number of ether oxygens (including phenoxy) is 2. The fourth-order valence-corrected chi connectivity index (χ4v) is 1.99. The van der Waals surface area contributed by atoms with E-state index in [4.69, 9.17) is 14.9 Å². The third kappa shape index (κ3) is 6.76. The molecule has 0 bridgehead atoms. The Kier molecular flexibility index (Phi) is 8.34. The Morgan fingerprint density at radius 1 is 1.36 bits per heavy atom. The standard InChI is InChI=1S/C16H22N4O5/c1-10(2)25-16(23)13(5-4-11(21)8-17)20-15(22)14(24-3)12-6-7-18-9-19-12/h6-10,13-14,17H,4-5H2,1-3H3,(H,20,22)/t13-,14-/m0/s1. The van der Waals surface area contributed by atoms with Gasteiger partial charge in [-0.1, -0.05) is 0 Å². The molecule has 0 aliphatic rings. The van der Waals surface area contributed by atoms with Crippen LogP contribution in [0.5, 0.6) is 0 Å². The maximum absolute atomic E-state index is 12.5. The largest absolute Gasteiger partial charge is 0.461 e. The van der Waals surface area contributed by atoms with Crippen molar-refractivity contribution in [2.45, 2.75) is 44.9 Å². The van der Waals surface area contributed by atoms with Crippen molar-refractivity contribution in [1.82, 2.24) is 15.3 Å². The first kappa shape index (κ1) is 20.4. The van der Waals surface area contributed by atoms with Gasteiger partial charge in [0.05, 0.1) is 18.0 Å². The molecule has 2 N–H and O–H groups in total. The van der Waals surface area contributed by atoms with Gasteiger partial charge in [0.25, 0.3) is 5.91 Å². The van der Waals surface area contributed by atoms with Crippen LogP contribution in [0, 0.1) is 5.41 Å². The summed E-state index contributed by atoms with van der Waals surface area (Å²) >= 11 is 0. The van der Waals surface area contributed by atoms with Crippen LogP contribution in [0.25, 0.3) is 0 Å². The van der Waals surface area contributed by atoms with Crippen LogP contribution in [0.1, 0.15) is 38.5 Å². The minimum absolute atomic E-state index is 0.0196. The maximum atomic E-state index is 12.5. The molecule has 0 unspecified atom stereocenters. The van der Waals surface area contributed by atoms with Crippen LogP contribution < -0.4 is 5.32 Å². The van der Waals surface area contributed by atoms with E-state index in [1.807, 2.05) is 0 Å². The topological polar surface area (TPSA) is 131 Å². The summed E-state index contributed by atoms with van der Waals surface area (Å²) in [7, 11) is 1.34. The number of amides is 1. The molecule has 0 aliphatic carbocycles. The van der Waals surface area contributed by atoms with E-state index < -0.39 is 29.8 Å². The predicted molar refractivity (Wildman–Crippen MR) is 88.0 cm³/mol. The van der Waals surface area contributed by atoms with Gasteiger partial charge in [0.1, 0.15) is 12.4 Å². The van der Waals surface area contributed by atoms with Crippen LogP contribution in [-0.4, -0.2) is 53.1 Å². The van der Waals surface area contributed by atoms with Crippen molar-refractivity contribution >= 4 is 23.9 Å². The molecule has 0 saturated heterocycles. The van der Waals surface area contributed by atoms with Crippen LogP contribution in [0.15, 0.2) is 18.6 Å². The number of ketones is 1. The van der Waals surface area contributed by atoms with E-state index >= 15 is 0 Å². The molecule has 1 rings (SSSR count). The van der Waals surface area contributed by atoms with Gasteiger partial charge in [0.2, 0.25) is 0 Å². The Morgan fingerprint density at radius 3 is 2.60 bits per heavy atom. The molecule has 0 radical (unpaired) electrons. The first-order valence-electron chi connectivity index (χ1n) is 7.71. The van der Waals surface area contributed by atoms with E-state index in [2.05, 4.69) is 15.3 Å². The summed E-state index contributed by atoms with van der Waals surface area (Å²) in [5, 5.41) is 9.44. The van der Waals surface area contributed by atoms with Gasteiger partial charge in [0.15, 0.2) is 11.9 Å². The summed E-state index contributed by atoms with van der Waals surface area (Å²) in [6.45, 7) is 3.36. The van der Waals surface area contributed by atoms with Crippen molar-refractivity contribution in [2.24, 2.45) is 0 Å². The number of esters is 1. The number of aromatic nitrogens is 2. The number of carbonyl (C=O) groups is 3. The molecule has 0 aliphatic heterocycles. The second-order valence-corrected chi connectivity index (χ2v) is 5.45. The van der Waals surface area contributed by atoms with Crippen molar-refractivity contribution in [2.75, 3.05) is 7.11 Å². The Bertz CT molecular complexity index is 606. The van der Waals surface area contributed by atoms with Crippen LogP contribution in [0.4, 0.5) is 0 Å². The van der Waals surface area contributed by atoms with Crippen molar-refractivity contribution in [3.8, 4) is 0 Å². The number of nitrogens with one attached hydrogen (secondary N) is 2. The van der Waals surface area contributed by atoms with Crippen molar-refractivity contribution in [3.63, 3.8) is 0 Å². The first-order valence-corrected chi connectivity index (χ1v) is 7.71.